The lowest BCUT2D eigenvalue weighted by Crippen LogP contribution is -2.51. The lowest BCUT2D eigenvalue weighted by atomic mass is 9.82. The number of nitrogens with zero attached hydrogens (tertiary/aromatic N) is 5. The summed E-state index contributed by atoms with van der Waals surface area (Å²) in [5.41, 5.74) is 3.98. The van der Waals surface area contributed by atoms with Gasteiger partial charge in [-0.3, -0.25) is 9.89 Å². The van der Waals surface area contributed by atoms with Gasteiger partial charge in [-0.15, -0.1) is 10.2 Å². The number of piperidine rings is 1. The fourth-order valence-electron chi connectivity index (χ4n) is 5.52. The van der Waals surface area contributed by atoms with Crippen molar-refractivity contribution in [1.82, 2.24) is 35.7 Å². The lowest BCUT2D eigenvalue weighted by Gasteiger charge is -2.44. The molecule has 1 saturated heterocycles. The average Bonchev–Trinajstić information content (AvgIpc) is 3.68. The molecule has 39 heavy (non-hydrogen) atoms. The molecule has 11 nitrogen and oxygen atoms in total. The van der Waals surface area contributed by atoms with Crippen LogP contribution in [-0.2, 0) is 6.42 Å². The van der Waals surface area contributed by atoms with Crippen molar-refractivity contribution in [2.45, 2.75) is 45.1 Å². The van der Waals surface area contributed by atoms with Crippen molar-refractivity contribution in [1.29, 1.82) is 0 Å². The summed E-state index contributed by atoms with van der Waals surface area (Å²) in [6.07, 6.45) is 6.86. The van der Waals surface area contributed by atoms with Crippen LogP contribution in [0, 0.1) is 0 Å². The van der Waals surface area contributed by atoms with Crippen LogP contribution in [-0.4, -0.2) is 73.5 Å². The summed E-state index contributed by atoms with van der Waals surface area (Å²) in [6, 6.07) is 9.66. The second kappa shape index (κ2) is 10.4. The molecule has 2 N–H and O–H groups in total. The highest BCUT2D eigenvalue weighted by Crippen LogP contribution is 2.42. The van der Waals surface area contributed by atoms with Gasteiger partial charge in [0.1, 0.15) is 22.8 Å². The van der Waals surface area contributed by atoms with E-state index < -0.39 is 0 Å². The maximum absolute atomic E-state index is 13.7. The van der Waals surface area contributed by atoms with Crippen molar-refractivity contribution in [2.24, 2.45) is 0 Å². The number of benzene rings is 2. The molecule has 2 aliphatic rings. The van der Waals surface area contributed by atoms with Gasteiger partial charge in [-0.2, -0.15) is 10.3 Å². The van der Waals surface area contributed by atoms with E-state index in [1.807, 2.05) is 43.0 Å². The van der Waals surface area contributed by atoms with E-state index in [0.29, 0.717) is 49.2 Å². The van der Waals surface area contributed by atoms with E-state index in [0.717, 1.165) is 53.7 Å². The number of fused-ring (bicyclic) bond motifs is 1. The normalized spacial score (nSPS) is 16.0. The zero-order valence-corrected chi connectivity index (χ0v) is 22.1. The summed E-state index contributed by atoms with van der Waals surface area (Å²) < 4.78 is 18.5. The second-order valence-corrected chi connectivity index (χ2v) is 9.84. The van der Waals surface area contributed by atoms with E-state index >= 15 is 0 Å². The molecule has 1 fully saturated rings. The summed E-state index contributed by atoms with van der Waals surface area (Å²) in [7, 11) is 0. The van der Waals surface area contributed by atoms with Crippen LogP contribution in [0.3, 0.4) is 0 Å². The zero-order valence-electron chi connectivity index (χ0n) is 22.1. The Labute approximate surface area is 225 Å². The maximum atomic E-state index is 13.7. The van der Waals surface area contributed by atoms with Crippen molar-refractivity contribution in [2.75, 3.05) is 26.3 Å². The molecule has 1 spiro atoms. The molecule has 1 amide bonds. The third kappa shape index (κ3) is 4.80. The average molecular weight is 530 g/mol. The predicted octanol–water partition coefficient (Wildman–Crippen LogP) is 4.05. The Bertz CT molecular complexity index is 1420. The molecular weight excluding hydrogens is 498 g/mol. The van der Waals surface area contributed by atoms with Gasteiger partial charge in [-0.25, -0.2) is 0 Å². The van der Waals surface area contributed by atoms with Gasteiger partial charge in [0.25, 0.3) is 5.91 Å². The summed E-state index contributed by atoms with van der Waals surface area (Å²) in [4.78, 5) is 15.6. The Morgan fingerprint density at radius 3 is 2.46 bits per heavy atom. The topological polar surface area (TPSA) is 131 Å². The number of nitrogens with one attached hydrogen (secondary N) is 2. The summed E-state index contributed by atoms with van der Waals surface area (Å²) >= 11 is 0. The van der Waals surface area contributed by atoms with Crippen LogP contribution < -0.4 is 14.2 Å². The van der Waals surface area contributed by atoms with Crippen LogP contribution in [0.1, 0.15) is 49.0 Å². The highest BCUT2D eigenvalue weighted by molar-refractivity contribution is 5.97. The molecule has 0 saturated carbocycles. The standard InChI is InChI=1S/C28H31N7O4/c1-3-37-23-14-20(15-24(38-4-2)25(23)21-16-29-30-17-21)27(36)35-11-9-28(10-12-35)8-7-18-13-19(5-6-22(18)39-28)26-31-33-34-32-26/h5-6,13-17H,3-4,7-12H2,1-2H3,(H,29,30)(H,31,32,33,34). The number of ether oxygens (including phenoxy) is 3. The smallest absolute Gasteiger partial charge is 0.254 e. The minimum absolute atomic E-state index is 0.0357. The molecule has 0 unspecified atom stereocenters. The first-order valence-corrected chi connectivity index (χ1v) is 13.4. The Morgan fingerprint density at radius 1 is 1.05 bits per heavy atom. The van der Waals surface area contributed by atoms with Crippen LogP contribution in [0.2, 0.25) is 0 Å². The van der Waals surface area contributed by atoms with Gasteiger partial charge >= 0.3 is 0 Å². The molecule has 0 aliphatic carbocycles. The molecule has 2 aliphatic heterocycles. The third-order valence-electron chi connectivity index (χ3n) is 7.50. The Hall–Kier alpha value is -4.41. The third-order valence-corrected chi connectivity index (χ3v) is 7.50. The fourth-order valence-corrected chi connectivity index (χ4v) is 5.52. The Balaban J connectivity index is 1.18. The summed E-state index contributed by atoms with van der Waals surface area (Å²) in [5.74, 6) is 2.64. The van der Waals surface area contributed by atoms with Gasteiger partial charge in [0.05, 0.1) is 25.0 Å². The number of hydrogen-bond donors (Lipinski definition) is 2. The van der Waals surface area contributed by atoms with Crippen LogP contribution in [0.15, 0.2) is 42.7 Å². The van der Waals surface area contributed by atoms with Crippen molar-refractivity contribution < 1.29 is 19.0 Å². The molecule has 2 aromatic carbocycles. The van der Waals surface area contributed by atoms with Gasteiger partial charge in [0, 0.05) is 48.8 Å². The van der Waals surface area contributed by atoms with Gasteiger partial charge in [-0.1, -0.05) is 0 Å². The van der Waals surface area contributed by atoms with E-state index in [4.69, 9.17) is 14.2 Å². The lowest BCUT2D eigenvalue weighted by molar-refractivity contribution is -0.0107. The second-order valence-electron chi connectivity index (χ2n) is 9.84. The number of aromatic amines is 2. The predicted molar refractivity (Wildman–Crippen MR) is 143 cm³/mol. The first-order valence-electron chi connectivity index (χ1n) is 13.4. The fraction of sp³-hybridized carbons (Fsp3) is 0.393. The van der Waals surface area contributed by atoms with Gasteiger partial charge in [-0.05, 0) is 67.8 Å². The molecule has 0 radical (unpaired) electrons. The van der Waals surface area contributed by atoms with E-state index in [1.165, 1.54) is 0 Å². The maximum Gasteiger partial charge on any atom is 0.254 e. The number of aryl methyl sites for hydroxylation is 1. The van der Waals surface area contributed by atoms with Crippen LogP contribution in [0.4, 0.5) is 0 Å². The molecule has 4 heterocycles. The quantitative estimate of drug-likeness (QED) is 0.367. The van der Waals surface area contributed by atoms with Crippen LogP contribution in [0.25, 0.3) is 22.5 Å². The number of carbonyl (C=O) groups excluding carboxylic acids is 1. The number of H-pyrrole nitrogens is 2. The van der Waals surface area contributed by atoms with Crippen LogP contribution in [0.5, 0.6) is 17.2 Å². The molecular formula is C28H31N7O4. The number of carbonyl (C=O) groups is 1. The molecule has 0 bridgehead atoms. The minimum Gasteiger partial charge on any atom is -0.493 e. The molecule has 202 valence electrons. The van der Waals surface area contributed by atoms with Crippen LogP contribution >= 0.6 is 0 Å². The molecule has 2 aromatic heterocycles. The highest BCUT2D eigenvalue weighted by atomic mass is 16.5. The highest BCUT2D eigenvalue weighted by Gasteiger charge is 2.41. The largest absolute Gasteiger partial charge is 0.493 e. The summed E-state index contributed by atoms with van der Waals surface area (Å²) in [6.45, 7) is 6.02. The first kappa shape index (κ1) is 24.9. The molecule has 4 aromatic rings. The SMILES string of the molecule is CCOc1cc(C(=O)N2CCC3(CCc4cc(-c5nn[nH]n5)ccc4O3)CC2)cc(OCC)c1-c1cn[nH]c1. The number of amides is 1. The monoisotopic (exact) mass is 529 g/mol. The van der Waals surface area contributed by atoms with Gasteiger partial charge in [0.2, 0.25) is 5.82 Å². The summed E-state index contributed by atoms with van der Waals surface area (Å²) in [5, 5.41) is 21.2. The van der Waals surface area contributed by atoms with Crippen molar-refractivity contribution in [3.63, 3.8) is 0 Å². The van der Waals surface area contributed by atoms with Crippen molar-refractivity contribution in [3.8, 4) is 39.8 Å². The molecule has 0 atom stereocenters. The first-order chi connectivity index (χ1) is 19.1. The number of rotatable bonds is 7. The minimum atomic E-state index is -0.268. The number of aromatic nitrogens is 6. The Morgan fingerprint density at radius 2 is 1.82 bits per heavy atom. The Kier molecular flexibility index (Phi) is 6.64. The van der Waals surface area contributed by atoms with E-state index in [-0.39, 0.29) is 11.5 Å². The van der Waals surface area contributed by atoms with E-state index in [9.17, 15) is 4.79 Å². The number of hydrogen-bond acceptors (Lipinski definition) is 8. The molecule has 11 heteroatoms. The zero-order chi connectivity index (χ0) is 26.8. The van der Waals surface area contributed by atoms with Gasteiger partial charge in [0.15, 0.2) is 0 Å². The number of tetrazole rings is 1. The number of likely N-dealkylation sites (tertiary alicyclic amines) is 1. The van der Waals surface area contributed by atoms with Crippen molar-refractivity contribution in [3.05, 3.63) is 53.9 Å². The molecule has 6 rings (SSSR count). The van der Waals surface area contributed by atoms with E-state index in [2.05, 4.69) is 36.9 Å². The van der Waals surface area contributed by atoms with Crippen molar-refractivity contribution >= 4 is 5.91 Å². The van der Waals surface area contributed by atoms with E-state index in [1.54, 1.807) is 12.4 Å². The van der Waals surface area contributed by atoms with Gasteiger partial charge < -0.3 is 19.1 Å².